The number of nitrogens with zero attached hydrogens (tertiary/aromatic N) is 4. The van der Waals surface area contributed by atoms with Crippen LogP contribution in [0.3, 0.4) is 0 Å². The quantitative estimate of drug-likeness (QED) is 0.615. The Morgan fingerprint density at radius 3 is 2.48 bits per heavy atom. The predicted molar refractivity (Wildman–Crippen MR) is 110 cm³/mol. The Morgan fingerprint density at radius 1 is 1.03 bits per heavy atom. The Kier molecular flexibility index (Phi) is 6.39. The molecule has 0 aliphatic carbocycles. The van der Waals surface area contributed by atoms with Crippen molar-refractivity contribution in [3.05, 3.63) is 77.1 Å². The van der Waals surface area contributed by atoms with Crippen molar-refractivity contribution in [2.45, 2.75) is 0 Å². The van der Waals surface area contributed by atoms with Crippen LogP contribution >= 0.6 is 24.0 Å². The van der Waals surface area contributed by atoms with Gasteiger partial charge in [0.05, 0.1) is 5.56 Å². The number of hydrogen-bond acceptors (Lipinski definition) is 3. The number of hydrogen-bond donors (Lipinski definition) is 0. The Morgan fingerprint density at radius 2 is 1.79 bits per heavy atom. The number of benzene rings is 2. The summed E-state index contributed by atoms with van der Waals surface area (Å²) in [4.78, 5) is 20.6. The molecule has 1 amide bonds. The second kappa shape index (κ2) is 8.80. The minimum atomic E-state index is -0.844. The van der Waals surface area contributed by atoms with Gasteiger partial charge in [-0.25, -0.2) is 13.8 Å². The highest BCUT2D eigenvalue weighted by Gasteiger charge is 2.26. The van der Waals surface area contributed by atoms with Crippen LogP contribution in [-0.2, 0) is 0 Å². The van der Waals surface area contributed by atoms with Crippen LogP contribution < -0.4 is 4.90 Å². The molecule has 29 heavy (non-hydrogen) atoms. The van der Waals surface area contributed by atoms with Crippen LogP contribution in [0.1, 0.15) is 10.4 Å². The van der Waals surface area contributed by atoms with Crippen LogP contribution in [0.4, 0.5) is 14.7 Å². The van der Waals surface area contributed by atoms with Gasteiger partial charge in [-0.3, -0.25) is 9.36 Å². The van der Waals surface area contributed by atoms with Gasteiger partial charge in [-0.05, 0) is 30.3 Å². The number of imidazole rings is 1. The molecule has 0 spiro atoms. The summed E-state index contributed by atoms with van der Waals surface area (Å²) < 4.78 is 28.9. The van der Waals surface area contributed by atoms with Crippen LogP contribution in [-0.4, -0.2) is 46.5 Å². The molecule has 0 radical (unpaired) electrons. The Bertz CT molecular complexity index is 1020. The first kappa shape index (κ1) is 21.1. The van der Waals surface area contributed by atoms with Gasteiger partial charge < -0.3 is 9.80 Å². The van der Waals surface area contributed by atoms with E-state index in [2.05, 4.69) is 9.88 Å². The SMILES string of the molecule is Cl.O=C(c1ccc(F)cc1F)N1CCN(c2nccn2-c2cccc(Cl)c2)CC1. The zero-order valence-corrected chi connectivity index (χ0v) is 16.8. The standard InChI is InChI=1S/C20H17ClF2N4O.ClH/c21-14-2-1-3-16(12-14)27-7-6-24-20(27)26-10-8-25(9-11-26)19(28)17-5-4-15(22)13-18(17)23;/h1-7,12-13H,8-11H2;1H. The molecule has 0 unspecified atom stereocenters. The summed E-state index contributed by atoms with van der Waals surface area (Å²) in [6, 6.07) is 10.5. The van der Waals surface area contributed by atoms with Gasteiger partial charge in [-0.15, -0.1) is 12.4 Å². The first-order valence-electron chi connectivity index (χ1n) is 8.81. The molecular weight excluding hydrogens is 421 g/mol. The Labute approximate surface area is 177 Å². The van der Waals surface area contributed by atoms with E-state index in [-0.39, 0.29) is 18.0 Å². The fourth-order valence-electron chi connectivity index (χ4n) is 3.30. The summed E-state index contributed by atoms with van der Waals surface area (Å²) in [7, 11) is 0. The molecule has 0 bridgehead atoms. The molecule has 2 heterocycles. The molecule has 0 atom stereocenters. The molecular formula is C20H18Cl2F2N4O. The second-order valence-electron chi connectivity index (χ2n) is 6.48. The van der Waals surface area contributed by atoms with Crippen LogP contribution in [0.25, 0.3) is 5.69 Å². The smallest absolute Gasteiger partial charge is 0.256 e. The van der Waals surface area contributed by atoms with Gasteiger partial charge in [0.15, 0.2) is 0 Å². The number of carbonyl (C=O) groups is 1. The van der Waals surface area contributed by atoms with E-state index >= 15 is 0 Å². The highest BCUT2D eigenvalue weighted by molar-refractivity contribution is 6.30. The molecule has 1 aliphatic heterocycles. The molecule has 0 saturated carbocycles. The fourth-order valence-corrected chi connectivity index (χ4v) is 3.48. The molecule has 3 aromatic rings. The molecule has 1 aromatic heterocycles. The monoisotopic (exact) mass is 438 g/mol. The highest BCUT2D eigenvalue weighted by atomic mass is 35.5. The third kappa shape index (κ3) is 4.36. The largest absolute Gasteiger partial charge is 0.338 e. The van der Waals surface area contributed by atoms with Gasteiger partial charge in [0.2, 0.25) is 5.95 Å². The Balaban J connectivity index is 0.00000240. The topological polar surface area (TPSA) is 41.4 Å². The molecule has 0 N–H and O–H groups in total. The summed E-state index contributed by atoms with van der Waals surface area (Å²) in [5.74, 6) is -1.23. The summed E-state index contributed by atoms with van der Waals surface area (Å²) in [5, 5.41) is 0.633. The van der Waals surface area contributed by atoms with E-state index in [4.69, 9.17) is 11.6 Å². The molecule has 5 nitrogen and oxygen atoms in total. The second-order valence-corrected chi connectivity index (χ2v) is 6.92. The maximum absolute atomic E-state index is 13.9. The van der Waals surface area contributed by atoms with Crippen molar-refractivity contribution >= 4 is 35.9 Å². The number of halogens is 4. The summed E-state index contributed by atoms with van der Waals surface area (Å²) in [6.07, 6.45) is 3.56. The van der Waals surface area contributed by atoms with E-state index in [1.165, 1.54) is 6.07 Å². The maximum Gasteiger partial charge on any atom is 0.256 e. The normalized spacial score (nSPS) is 13.9. The molecule has 2 aromatic carbocycles. The van der Waals surface area contributed by atoms with Crippen molar-refractivity contribution in [2.24, 2.45) is 0 Å². The molecule has 1 fully saturated rings. The summed E-state index contributed by atoms with van der Waals surface area (Å²) in [6.45, 7) is 1.92. The van der Waals surface area contributed by atoms with E-state index in [1.54, 1.807) is 17.2 Å². The molecule has 152 valence electrons. The van der Waals surface area contributed by atoms with Crippen molar-refractivity contribution in [3.63, 3.8) is 0 Å². The summed E-state index contributed by atoms with van der Waals surface area (Å²) >= 11 is 6.09. The van der Waals surface area contributed by atoms with Crippen molar-refractivity contribution in [3.8, 4) is 5.69 Å². The number of carbonyl (C=O) groups excluding carboxylic acids is 1. The average Bonchev–Trinajstić information content (AvgIpc) is 3.17. The number of piperazine rings is 1. The van der Waals surface area contributed by atoms with Crippen molar-refractivity contribution in [1.29, 1.82) is 0 Å². The van der Waals surface area contributed by atoms with Gasteiger partial charge in [0.25, 0.3) is 5.91 Å². The van der Waals surface area contributed by atoms with Gasteiger partial charge in [0.1, 0.15) is 11.6 Å². The van der Waals surface area contributed by atoms with E-state index in [1.807, 2.05) is 29.0 Å². The zero-order valence-electron chi connectivity index (χ0n) is 15.3. The van der Waals surface area contributed by atoms with E-state index in [0.29, 0.717) is 31.2 Å². The molecule has 1 saturated heterocycles. The van der Waals surface area contributed by atoms with Crippen LogP contribution in [0.15, 0.2) is 54.9 Å². The fraction of sp³-hybridized carbons (Fsp3) is 0.200. The average molecular weight is 439 g/mol. The first-order chi connectivity index (χ1) is 13.5. The van der Waals surface area contributed by atoms with Crippen molar-refractivity contribution in [2.75, 3.05) is 31.1 Å². The lowest BCUT2D eigenvalue weighted by atomic mass is 10.1. The number of amides is 1. The van der Waals surface area contributed by atoms with Crippen LogP contribution in [0.5, 0.6) is 0 Å². The number of aromatic nitrogens is 2. The minimum absolute atomic E-state index is 0. The third-order valence-corrected chi connectivity index (χ3v) is 4.95. The Hall–Kier alpha value is -2.64. The van der Waals surface area contributed by atoms with Gasteiger partial charge in [-0.1, -0.05) is 17.7 Å². The predicted octanol–water partition coefficient (Wildman–Crippen LogP) is 4.19. The van der Waals surface area contributed by atoms with Gasteiger partial charge >= 0.3 is 0 Å². The summed E-state index contributed by atoms with van der Waals surface area (Å²) in [5.41, 5.74) is 0.780. The van der Waals surface area contributed by atoms with E-state index in [9.17, 15) is 13.6 Å². The molecule has 9 heteroatoms. The molecule has 1 aliphatic rings. The lowest BCUT2D eigenvalue weighted by Crippen LogP contribution is -2.49. The van der Waals surface area contributed by atoms with Gasteiger partial charge in [0, 0.05) is 55.3 Å². The zero-order chi connectivity index (χ0) is 19.7. The lowest BCUT2D eigenvalue weighted by molar-refractivity contribution is 0.0741. The number of anilines is 1. The lowest BCUT2D eigenvalue weighted by Gasteiger charge is -2.35. The minimum Gasteiger partial charge on any atom is -0.338 e. The number of rotatable bonds is 3. The van der Waals surface area contributed by atoms with Crippen LogP contribution in [0.2, 0.25) is 5.02 Å². The van der Waals surface area contributed by atoms with Crippen molar-refractivity contribution < 1.29 is 13.6 Å². The van der Waals surface area contributed by atoms with Crippen LogP contribution in [0, 0.1) is 11.6 Å². The first-order valence-corrected chi connectivity index (χ1v) is 9.19. The van der Waals surface area contributed by atoms with E-state index in [0.717, 1.165) is 23.8 Å². The highest BCUT2D eigenvalue weighted by Crippen LogP contribution is 2.22. The van der Waals surface area contributed by atoms with E-state index < -0.39 is 17.5 Å². The maximum atomic E-state index is 13.9. The molecule has 4 rings (SSSR count). The van der Waals surface area contributed by atoms with Gasteiger partial charge in [-0.2, -0.15) is 0 Å². The third-order valence-electron chi connectivity index (χ3n) is 4.72. The van der Waals surface area contributed by atoms with Crippen molar-refractivity contribution in [1.82, 2.24) is 14.5 Å².